The van der Waals surface area contributed by atoms with Gasteiger partial charge in [0.25, 0.3) is 0 Å². The molecule has 0 amide bonds. The van der Waals surface area contributed by atoms with E-state index in [1.807, 2.05) is 0 Å². The molecule has 4 nitrogen and oxygen atoms in total. The zero-order valence-corrected chi connectivity index (χ0v) is 6.82. The van der Waals surface area contributed by atoms with Gasteiger partial charge in [-0.25, -0.2) is 0 Å². The second-order valence-corrected chi connectivity index (χ2v) is 3.45. The molecule has 0 aromatic rings. The van der Waals surface area contributed by atoms with Gasteiger partial charge in [-0.05, 0) is 13.8 Å². The molecule has 0 aromatic carbocycles. The van der Waals surface area contributed by atoms with Gasteiger partial charge in [0.05, 0.1) is 12.2 Å². The highest BCUT2D eigenvalue weighted by Gasteiger charge is 2.40. The van der Waals surface area contributed by atoms with E-state index in [-0.39, 0.29) is 6.42 Å². The molecule has 0 aromatic heterocycles. The number of nitrogens with two attached hydrogens (primary N) is 1. The smallest absolute Gasteiger partial charge is 0.156 e. The minimum Gasteiger partial charge on any atom is -0.389 e. The van der Waals surface area contributed by atoms with E-state index in [1.54, 1.807) is 13.8 Å². The fraction of sp³-hybridized carbons (Fsp3) is 1.00. The molecule has 66 valence electrons. The number of hydrogen-bond donors (Lipinski definition) is 3. The van der Waals surface area contributed by atoms with E-state index >= 15 is 0 Å². The Morgan fingerprint density at radius 2 is 2.09 bits per heavy atom. The summed E-state index contributed by atoms with van der Waals surface area (Å²) < 4.78 is 4.96. The molecule has 0 spiro atoms. The van der Waals surface area contributed by atoms with Gasteiger partial charge in [0.15, 0.2) is 6.29 Å². The predicted octanol–water partition coefficient (Wildman–Crippen LogP) is -0.808. The Balaban J connectivity index is 2.67. The van der Waals surface area contributed by atoms with Crippen LogP contribution in [0.15, 0.2) is 0 Å². The standard InChI is InChI=1S/C7H15NO3/c1-4-6(10)7(2,8)3-5(9)11-4/h4-6,9-10H,3,8H2,1-2H3/t4-,5?,6+,7-/m0/s1. The summed E-state index contributed by atoms with van der Waals surface area (Å²) in [5.74, 6) is 0. The van der Waals surface area contributed by atoms with Crippen LogP contribution in [0.3, 0.4) is 0 Å². The van der Waals surface area contributed by atoms with Gasteiger partial charge in [0.2, 0.25) is 0 Å². The monoisotopic (exact) mass is 161 g/mol. The molecule has 1 fully saturated rings. The highest BCUT2D eigenvalue weighted by Crippen LogP contribution is 2.25. The van der Waals surface area contributed by atoms with Crippen LogP contribution < -0.4 is 5.73 Å². The van der Waals surface area contributed by atoms with Gasteiger partial charge in [0, 0.05) is 12.0 Å². The third-order valence-corrected chi connectivity index (χ3v) is 2.11. The second-order valence-electron chi connectivity index (χ2n) is 3.45. The molecule has 1 unspecified atom stereocenters. The summed E-state index contributed by atoms with van der Waals surface area (Å²) in [6.07, 6.45) is -1.67. The van der Waals surface area contributed by atoms with Crippen LogP contribution in [0.1, 0.15) is 20.3 Å². The van der Waals surface area contributed by atoms with Crippen molar-refractivity contribution in [2.45, 2.75) is 44.3 Å². The van der Waals surface area contributed by atoms with Gasteiger partial charge in [-0.2, -0.15) is 0 Å². The summed E-state index contributed by atoms with van der Waals surface area (Å²) in [6.45, 7) is 3.40. The fourth-order valence-corrected chi connectivity index (χ4v) is 1.40. The highest BCUT2D eigenvalue weighted by atomic mass is 16.6. The van der Waals surface area contributed by atoms with Crippen LogP contribution >= 0.6 is 0 Å². The molecule has 0 aliphatic carbocycles. The lowest BCUT2D eigenvalue weighted by Gasteiger charge is -2.41. The summed E-state index contributed by atoms with van der Waals surface area (Å²) in [5.41, 5.74) is 4.97. The average molecular weight is 161 g/mol. The van der Waals surface area contributed by atoms with Crippen LogP contribution in [0, 0.1) is 0 Å². The topological polar surface area (TPSA) is 75.7 Å². The van der Waals surface area contributed by atoms with Crippen molar-refractivity contribution in [2.24, 2.45) is 5.73 Å². The molecule has 1 rings (SSSR count). The van der Waals surface area contributed by atoms with Crippen molar-refractivity contribution < 1.29 is 14.9 Å². The lowest BCUT2D eigenvalue weighted by atomic mass is 9.86. The van der Waals surface area contributed by atoms with Crippen molar-refractivity contribution in [1.82, 2.24) is 0 Å². The SMILES string of the molecule is C[C@@H]1OC(O)C[C@](C)(N)[C@@H]1O. The summed E-state index contributed by atoms with van der Waals surface area (Å²) in [4.78, 5) is 0. The quantitative estimate of drug-likeness (QED) is 0.434. The van der Waals surface area contributed by atoms with Gasteiger partial charge in [-0.1, -0.05) is 0 Å². The molecule has 1 saturated heterocycles. The first kappa shape index (κ1) is 8.93. The van der Waals surface area contributed by atoms with Crippen molar-refractivity contribution >= 4 is 0 Å². The van der Waals surface area contributed by atoms with E-state index in [2.05, 4.69) is 0 Å². The molecule has 0 radical (unpaired) electrons. The Morgan fingerprint density at radius 3 is 2.55 bits per heavy atom. The first-order chi connectivity index (χ1) is 4.93. The average Bonchev–Trinajstić information content (AvgIpc) is 1.81. The Bertz CT molecular complexity index is 149. The van der Waals surface area contributed by atoms with Crippen molar-refractivity contribution in [3.8, 4) is 0 Å². The van der Waals surface area contributed by atoms with Crippen LogP contribution in [0.5, 0.6) is 0 Å². The zero-order chi connectivity index (χ0) is 8.65. The van der Waals surface area contributed by atoms with Crippen molar-refractivity contribution in [3.05, 3.63) is 0 Å². The van der Waals surface area contributed by atoms with Gasteiger partial charge in [-0.15, -0.1) is 0 Å². The van der Waals surface area contributed by atoms with Gasteiger partial charge >= 0.3 is 0 Å². The maximum atomic E-state index is 9.46. The van der Waals surface area contributed by atoms with Crippen LogP contribution in [0.4, 0.5) is 0 Å². The lowest BCUT2D eigenvalue weighted by molar-refractivity contribution is -0.215. The Labute approximate surface area is 66.0 Å². The summed E-state index contributed by atoms with van der Waals surface area (Å²) in [6, 6.07) is 0. The lowest BCUT2D eigenvalue weighted by Crippen LogP contribution is -2.59. The van der Waals surface area contributed by atoms with Crippen LogP contribution in [0.25, 0.3) is 0 Å². The molecule has 0 bridgehead atoms. The summed E-state index contributed by atoms with van der Waals surface area (Å²) in [5, 5.41) is 18.6. The maximum Gasteiger partial charge on any atom is 0.156 e. The molecule has 1 aliphatic rings. The van der Waals surface area contributed by atoms with Gasteiger partial charge < -0.3 is 20.7 Å². The molecule has 11 heavy (non-hydrogen) atoms. The molecule has 4 heteroatoms. The maximum absolute atomic E-state index is 9.46. The first-order valence-corrected chi connectivity index (χ1v) is 3.74. The minimum absolute atomic E-state index is 0.276. The molecule has 0 saturated carbocycles. The largest absolute Gasteiger partial charge is 0.389 e. The Hall–Kier alpha value is -0.160. The van der Waals surface area contributed by atoms with E-state index in [9.17, 15) is 5.11 Å². The van der Waals surface area contributed by atoms with Crippen LogP contribution in [-0.4, -0.2) is 34.2 Å². The fourth-order valence-electron chi connectivity index (χ4n) is 1.40. The molecular formula is C7H15NO3. The van der Waals surface area contributed by atoms with E-state index in [1.165, 1.54) is 0 Å². The van der Waals surface area contributed by atoms with E-state index in [0.717, 1.165) is 0 Å². The summed E-state index contributed by atoms with van der Waals surface area (Å²) in [7, 11) is 0. The number of aliphatic hydroxyl groups is 2. The molecule has 1 aliphatic heterocycles. The van der Waals surface area contributed by atoms with Crippen LogP contribution in [-0.2, 0) is 4.74 Å². The predicted molar refractivity (Wildman–Crippen MR) is 39.8 cm³/mol. The van der Waals surface area contributed by atoms with Crippen molar-refractivity contribution in [1.29, 1.82) is 0 Å². The third-order valence-electron chi connectivity index (χ3n) is 2.11. The zero-order valence-electron chi connectivity index (χ0n) is 6.82. The van der Waals surface area contributed by atoms with Gasteiger partial charge in [0.1, 0.15) is 0 Å². The summed E-state index contributed by atoms with van der Waals surface area (Å²) >= 11 is 0. The van der Waals surface area contributed by atoms with E-state index < -0.39 is 24.0 Å². The highest BCUT2D eigenvalue weighted by molar-refractivity contribution is 4.94. The Morgan fingerprint density at radius 1 is 1.55 bits per heavy atom. The number of ether oxygens (including phenoxy) is 1. The third kappa shape index (κ3) is 1.70. The van der Waals surface area contributed by atoms with Crippen molar-refractivity contribution in [2.75, 3.05) is 0 Å². The number of rotatable bonds is 0. The molecule has 4 N–H and O–H groups in total. The first-order valence-electron chi connectivity index (χ1n) is 3.74. The molecular weight excluding hydrogens is 146 g/mol. The minimum atomic E-state index is -0.844. The van der Waals surface area contributed by atoms with E-state index in [4.69, 9.17) is 15.6 Å². The number of hydrogen-bond acceptors (Lipinski definition) is 4. The van der Waals surface area contributed by atoms with Crippen molar-refractivity contribution in [3.63, 3.8) is 0 Å². The molecule has 1 heterocycles. The number of aliphatic hydroxyl groups excluding tert-OH is 2. The normalized spacial score (nSPS) is 52.6. The second kappa shape index (κ2) is 2.71. The van der Waals surface area contributed by atoms with Crippen LogP contribution in [0.2, 0.25) is 0 Å². The van der Waals surface area contributed by atoms with E-state index in [0.29, 0.717) is 0 Å². The Kier molecular flexibility index (Phi) is 2.20. The molecule has 4 atom stereocenters. The van der Waals surface area contributed by atoms with Gasteiger partial charge in [-0.3, -0.25) is 0 Å².